The summed E-state index contributed by atoms with van der Waals surface area (Å²) < 4.78 is 33.1. The minimum Gasteiger partial charge on any atom is -0.479 e. The molecule has 1 atom stereocenters. The largest absolute Gasteiger partial charge is 0.479 e. The number of sulfonamides is 1. The van der Waals surface area contributed by atoms with Gasteiger partial charge in [-0.15, -0.1) is 0 Å². The maximum Gasteiger partial charge on any atom is 0.265 e. The average molecular weight is 473 g/mol. The zero-order valence-electron chi connectivity index (χ0n) is 18.2. The van der Waals surface area contributed by atoms with Crippen LogP contribution >= 0.6 is 0 Å². The van der Waals surface area contributed by atoms with Crippen molar-refractivity contribution in [3.05, 3.63) is 48.0 Å². The maximum absolute atomic E-state index is 13.1. The van der Waals surface area contributed by atoms with Gasteiger partial charge in [-0.1, -0.05) is 6.07 Å². The van der Waals surface area contributed by atoms with E-state index >= 15 is 0 Å². The second-order valence-electron chi connectivity index (χ2n) is 7.87. The third kappa shape index (κ3) is 4.69. The number of hydrogen-bond acceptors (Lipinski definition) is 6. The molecule has 0 aliphatic carbocycles. The molecule has 2 aromatic rings. The number of nitrogens with zero attached hydrogens (tertiary/aromatic N) is 2. The van der Waals surface area contributed by atoms with E-state index in [4.69, 9.17) is 4.74 Å². The molecule has 3 amide bonds. The summed E-state index contributed by atoms with van der Waals surface area (Å²) in [5.74, 6) is -0.395. The first kappa shape index (κ1) is 22.7. The molecular formula is C22H24N4O6S. The van der Waals surface area contributed by atoms with Crippen molar-refractivity contribution in [2.75, 3.05) is 36.8 Å². The van der Waals surface area contributed by atoms with E-state index in [9.17, 15) is 22.8 Å². The van der Waals surface area contributed by atoms with E-state index < -0.39 is 16.1 Å². The molecule has 33 heavy (non-hydrogen) atoms. The van der Waals surface area contributed by atoms with E-state index in [0.717, 1.165) is 0 Å². The number of carbonyl (C=O) groups is 3. The summed E-state index contributed by atoms with van der Waals surface area (Å²) in [7, 11) is -3.82. The first-order chi connectivity index (χ1) is 15.6. The fraction of sp³-hybridized carbons (Fsp3) is 0.318. The Morgan fingerprint density at radius 3 is 2.52 bits per heavy atom. The molecule has 0 spiro atoms. The van der Waals surface area contributed by atoms with Crippen LogP contribution in [-0.4, -0.2) is 67.6 Å². The summed E-state index contributed by atoms with van der Waals surface area (Å²) in [5.41, 5.74) is 1.25. The van der Waals surface area contributed by atoms with Crippen LogP contribution in [0.4, 0.5) is 11.4 Å². The summed E-state index contributed by atoms with van der Waals surface area (Å²) in [6, 6.07) is 11.0. The molecule has 2 heterocycles. The van der Waals surface area contributed by atoms with E-state index in [0.29, 0.717) is 22.7 Å². The molecule has 2 aromatic carbocycles. The second kappa shape index (κ2) is 8.83. The Bertz CT molecular complexity index is 1220. The van der Waals surface area contributed by atoms with Gasteiger partial charge < -0.3 is 20.3 Å². The number of benzene rings is 2. The second-order valence-corrected chi connectivity index (χ2v) is 9.80. The highest BCUT2D eigenvalue weighted by molar-refractivity contribution is 7.89. The predicted molar refractivity (Wildman–Crippen MR) is 121 cm³/mol. The van der Waals surface area contributed by atoms with Gasteiger partial charge in [0.2, 0.25) is 15.9 Å². The Balaban J connectivity index is 1.44. The highest BCUT2D eigenvalue weighted by Gasteiger charge is 2.32. The molecule has 2 N–H and O–H groups in total. The number of nitrogens with one attached hydrogen (secondary N) is 2. The fourth-order valence-electron chi connectivity index (χ4n) is 3.74. The Morgan fingerprint density at radius 1 is 1.09 bits per heavy atom. The van der Waals surface area contributed by atoms with Gasteiger partial charge >= 0.3 is 0 Å². The lowest BCUT2D eigenvalue weighted by Gasteiger charge is -2.34. The molecule has 1 fully saturated rings. The van der Waals surface area contributed by atoms with Crippen molar-refractivity contribution in [3.63, 3.8) is 0 Å². The molecule has 11 heteroatoms. The van der Waals surface area contributed by atoms with Crippen LogP contribution in [0, 0.1) is 0 Å². The van der Waals surface area contributed by atoms with Crippen molar-refractivity contribution >= 4 is 39.1 Å². The summed E-state index contributed by atoms with van der Waals surface area (Å²) in [6.45, 7) is 3.72. The Morgan fingerprint density at radius 2 is 1.82 bits per heavy atom. The normalized spacial score (nSPS) is 18.7. The van der Waals surface area contributed by atoms with E-state index in [1.54, 1.807) is 36.1 Å². The molecule has 10 nitrogen and oxygen atoms in total. The molecular weight excluding hydrogens is 448 g/mol. The number of anilines is 2. The van der Waals surface area contributed by atoms with Crippen molar-refractivity contribution in [3.8, 4) is 5.75 Å². The lowest BCUT2D eigenvalue weighted by molar-refractivity contribution is -0.122. The molecule has 2 aliphatic rings. The van der Waals surface area contributed by atoms with Crippen LogP contribution in [0.3, 0.4) is 0 Å². The molecule has 4 rings (SSSR count). The summed E-state index contributed by atoms with van der Waals surface area (Å²) >= 11 is 0. The monoisotopic (exact) mass is 472 g/mol. The Hall–Kier alpha value is -3.44. The SMILES string of the molecule is CC(=O)Nc1cccc(C(=O)N2CCN(S(=O)(=O)c3ccc4c(c3)NC(=O)[C@@H](C)O4)CC2)c1. The van der Waals surface area contributed by atoms with E-state index in [2.05, 4.69) is 10.6 Å². The number of rotatable bonds is 4. The van der Waals surface area contributed by atoms with Crippen molar-refractivity contribution in [1.82, 2.24) is 9.21 Å². The van der Waals surface area contributed by atoms with Gasteiger partial charge in [0.25, 0.3) is 11.8 Å². The van der Waals surface area contributed by atoms with Crippen molar-refractivity contribution in [2.45, 2.75) is 24.8 Å². The number of carbonyl (C=O) groups excluding carboxylic acids is 3. The van der Waals surface area contributed by atoms with Gasteiger partial charge in [-0.05, 0) is 43.3 Å². The summed E-state index contributed by atoms with van der Waals surface area (Å²) in [6.07, 6.45) is -0.649. The van der Waals surface area contributed by atoms with Crippen LogP contribution in [0.1, 0.15) is 24.2 Å². The van der Waals surface area contributed by atoms with Crippen LogP contribution in [0.15, 0.2) is 47.4 Å². The molecule has 0 aromatic heterocycles. The van der Waals surface area contributed by atoms with E-state index in [1.807, 2.05) is 0 Å². The average Bonchev–Trinajstić information content (AvgIpc) is 2.79. The third-order valence-corrected chi connectivity index (χ3v) is 7.37. The van der Waals surface area contributed by atoms with Gasteiger partial charge in [0.05, 0.1) is 10.6 Å². The van der Waals surface area contributed by atoms with Gasteiger partial charge in [0.1, 0.15) is 5.75 Å². The highest BCUT2D eigenvalue weighted by Crippen LogP contribution is 2.33. The van der Waals surface area contributed by atoms with Crippen molar-refractivity contribution < 1.29 is 27.5 Å². The third-order valence-electron chi connectivity index (χ3n) is 5.48. The zero-order valence-corrected chi connectivity index (χ0v) is 19.0. The van der Waals surface area contributed by atoms with Crippen molar-refractivity contribution in [2.24, 2.45) is 0 Å². The maximum atomic E-state index is 13.1. The lowest BCUT2D eigenvalue weighted by atomic mass is 10.1. The van der Waals surface area contributed by atoms with Crippen LogP contribution in [0.2, 0.25) is 0 Å². The van der Waals surface area contributed by atoms with Crippen LogP contribution < -0.4 is 15.4 Å². The quantitative estimate of drug-likeness (QED) is 0.695. The number of piperazine rings is 1. The van der Waals surface area contributed by atoms with E-state index in [-0.39, 0.29) is 48.8 Å². The summed E-state index contributed by atoms with van der Waals surface area (Å²) in [5, 5.41) is 5.30. The minimum atomic E-state index is -3.82. The van der Waals surface area contributed by atoms with Crippen LogP contribution in [-0.2, 0) is 19.6 Å². The number of hydrogen-bond donors (Lipinski definition) is 2. The van der Waals surface area contributed by atoms with E-state index in [1.165, 1.54) is 29.4 Å². The first-order valence-corrected chi connectivity index (χ1v) is 11.9. The number of ether oxygens (including phenoxy) is 1. The smallest absolute Gasteiger partial charge is 0.265 e. The zero-order chi connectivity index (χ0) is 23.8. The molecule has 0 radical (unpaired) electrons. The topological polar surface area (TPSA) is 125 Å². The van der Waals surface area contributed by atoms with Gasteiger partial charge in [0, 0.05) is 44.4 Å². The molecule has 174 valence electrons. The summed E-state index contributed by atoms with van der Waals surface area (Å²) in [4.78, 5) is 37.6. The molecule has 0 bridgehead atoms. The lowest BCUT2D eigenvalue weighted by Crippen LogP contribution is -2.50. The highest BCUT2D eigenvalue weighted by atomic mass is 32.2. The van der Waals surface area contributed by atoms with Gasteiger partial charge in [-0.25, -0.2) is 8.42 Å². The standard InChI is InChI=1S/C22H24N4O6S/c1-14-21(28)24-19-13-18(6-7-20(19)32-14)33(30,31)26-10-8-25(9-11-26)22(29)16-4-3-5-17(12-16)23-15(2)27/h3-7,12-14H,8-11H2,1-2H3,(H,23,27)(H,24,28)/t14-/m1/s1. The Labute approximate surface area is 191 Å². The van der Waals surface area contributed by atoms with Crippen molar-refractivity contribution in [1.29, 1.82) is 0 Å². The van der Waals surface area contributed by atoms with Gasteiger partial charge in [0.15, 0.2) is 6.10 Å². The number of fused-ring (bicyclic) bond motifs is 1. The fourth-order valence-corrected chi connectivity index (χ4v) is 5.19. The Kier molecular flexibility index (Phi) is 6.09. The minimum absolute atomic E-state index is 0.0440. The van der Waals surface area contributed by atoms with Crippen LogP contribution in [0.5, 0.6) is 5.75 Å². The predicted octanol–water partition coefficient (Wildman–Crippen LogP) is 1.51. The molecule has 0 saturated carbocycles. The first-order valence-electron chi connectivity index (χ1n) is 10.4. The van der Waals surface area contributed by atoms with Gasteiger partial charge in [-0.3, -0.25) is 14.4 Å². The van der Waals surface area contributed by atoms with Crippen LogP contribution in [0.25, 0.3) is 0 Å². The molecule has 0 unspecified atom stereocenters. The molecule has 1 saturated heterocycles. The van der Waals surface area contributed by atoms with Gasteiger partial charge in [-0.2, -0.15) is 4.31 Å². The molecule has 2 aliphatic heterocycles. The number of amides is 3.